The monoisotopic (exact) mass is 463 g/mol. The molecule has 24 heavy (non-hydrogen) atoms. The number of amides is 1. The Kier molecular flexibility index (Phi) is 7.22. The van der Waals surface area contributed by atoms with Gasteiger partial charge in [0.15, 0.2) is 6.29 Å². The molecule has 0 aromatic heterocycles. The number of nitrogens with one attached hydrogen (secondary N) is 1. The minimum Gasteiger partial charge on any atom is -0.366 e. The van der Waals surface area contributed by atoms with Gasteiger partial charge >= 0.3 is 0 Å². The summed E-state index contributed by atoms with van der Waals surface area (Å²) in [6, 6.07) is -0.491. The molecule has 134 valence electrons. The van der Waals surface area contributed by atoms with Gasteiger partial charge < -0.3 is 15.2 Å². The zero-order valence-electron chi connectivity index (χ0n) is 13.7. The van der Waals surface area contributed by atoms with Crippen LogP contribution in [0.4, 0.5) is 0 Å². The normalized spacial score (nSPS) is 25.6. The third kappa shape index (κ3) is 5.00. The number of aliphatic hydroxyl groups is 1. The van der Waals surface area contributed by atoms with E-state index in [1.807, 2.05) is 0 Å². The van der Waals surface area contributed by atoms with Crippen LogP contribution in [0.15, 0.2) is 21.1 Å². The number of ether oxygens (including phenoxy) is 1. The van der Waals surface area contributed by atoms with E-state index in [1.54, 1.807) is 12.2 Å². The topological polar surface area (TPSA) is 75.6 Å². The average Bonchev–Trinajstić information content (AvgIpc) is 2.79. The van der Waals surface area contributed by atoms with Gasteiger partial charge in [0, 0.05) is 12.8 Å². The maximum Gasteiger partial charge on any atom is 0.220 e. The number of hydrogen-bond donors (Lipinski definition) is 2. The summed E-state index contributed by atoms with van der Waals surface area (Å²) in [4.78, 5) is 23.8. The standard InChI is InChI=1S/C17H23Br2NO4/c1-2-3-4-5-6-7-14(21)20-13-10-17(24-16(13)23)8-11(18)15(22)12(19)9-17/h8-9,13,16,23H,2-7,10H2,1H3,(H,20,21). The van der Waals surface area contributed by atoms with Crippen molar-refractivity contribution in [3.8, 4) is 0 Å². The number of aliphatic hydroxyl groups excluding tert-OH is 1. The SMILES string of the molecule is CCCCCCCC(=O)NC1CC2(C=C(Br)C(=O)C(Br)=C2)OC1O. The Bertz CT molecular complexity index is 537. The Labute approximate surface area is 159 Å². The van der Waals surface area contributed by atoms with Crippen LogP contribution in [0.5, 0.6) is 0 Å². The van der Waals surface area contributed by atoms with E-state index in [0.717, 1.165) is 19.3 Å². The molecule has 2 rings (SSSR count). The highest BCUT2D eigenvalue weighted by Gasteiger charge is 2.46. The van der Waals surface area contributed by atoms with E-state index in [2.05, 4.69) is 44.1 Å². The summed E-state index contributed by atoms with van der Waals surface area (Å²) in [6.45, 7) is 2.16. The van der Waals surface area contributed by atoms with Crippen molar-refractivity contribution in [3.63, 3.8) is 0 Å². The Morgan fingerprint density at radius 1 is 1.29 bits per heavy atom. The van der Waals surface area contributed by atoms with Crippen molar-refractivity contribution in [3.05, 3.63) is 21.1 Å². The molecule has 1 amide bonds. The van der Waals surface area contributed by atoms with E-state index in [-0.39, 0.29) is 11.7 Å². The molecule has 2 unspecified atom stereocenters. The molecule has 0 saturated carbocycles. The highest BCUT2D eigenvalue weighted by molar-refractivity contribution is 9.13. The smallest absolute Gasteiger partial charge is 0.220 e. The molecule has 1 fully saturated rings. The minimum atomic E-state index is -1.10. The van der Waals surface area contributed by atoms with Gasteiger partial charge in [-0.1, -0.05) is 32.6 Å². The summed E-state index contributed by atoms with van der Waals surface area (Å²) < 4.78 is 6.39. The lowest BCUT2D eigenvalue weighted by Gasteiger charge is -2.25. The van der Waals surface area contributed by atoms with E-state index >= 15 is 0 Å². The molecule has 7 heteroatoms. The first-order valence-electron chi connectivity index (χ1n) is 8.33. The second-order valence-corrected chi connectivity index (χ2v) is 8.03. The van der Waals surface area contributed by atoms with Crippen LogP contribution in [-0.2, 0) is 14.3 Å². The van der Waals surface area contributed by atoms with Crippen LogP contribution in [0.2, 0.25) is 0 Å². The Hall–Kier alpha value is -0.500. The Balaban J connectivity index is 1.88. The first-order valence-corrected chi connectivity index (χ1v) is 9.92. The van der Waals surface area contributed by atoms with Gasteiger partial charge in [0.2, 0.25) is 11.7 Å². The first-order chi connectivity index (χ1) is 11.4. The van der Waals surface area contributed by atoms with Crippen LogP contribution in [0.3, 0.4) is 0 Å². The molecule has 5 nitrogen and oxygen atoms in total. The predicted octanol–water partition coefficient (Wildman–Crippen LogP) is 3.45. The maximum absolute atomic E-state index is 12.0. The van der Waals surface area contributed by atoms with Crippen LogP contribution in [0.25, 0.3) is 0 Å². The highest BCUT2D eigenvalue weighted by atomic mass is 79.9. The average molecular weight is 465 g/mol. The van der Waals surface area contributed by atoms with Crippen LogP contribution in [0.1, 0.15) is 51.9 Å². The summed E-state index contributed by atoms with van der Waals surface area (Å²) in [6.07, 6.45) is 8.43. The maximum atomic E-state index is 12.0. The zero-order valence-corrected chi connectivity index (χ0v) is 16.9. The molecule has 1 saturated heterocycles. The fraction of sp³-hybridized carbons (Fsp3) is 0.647. The first kappa shape index (κ1) is 19.8. The lowest BCUT2D eigenvalue weighted by Crippen LogP contribution is -2.40. The van der Waals surface area contributed by atoms with Crippen LogP contribution < -0.4 is 5.32 Å². The van der Waals surface area contributed by atoms with E-state index < -0.39 is 17.9 Å². The molecule has 2 N–H and O–H groups in total. The van der Waals surface area contributed by atoms with Crippen LogP contribution >= 0.6 is 31.9 Å². The van der Waals surface area contributed by atoms with Crippen molar-refractivity contribution in [2.24, 2.45) is 0 Å². The van der Waals surface area contributed by atoms with Crippen LogP contribution in [0, 0.1) is 0 Å². The summed E-state index contributed by atoms with van der Waals surface area (Å²) in [5.74, 6) is -0.243. The van der Waals surface area contributed by atoms with Gasteiger partial charge in [0.1, 0.15) is 5.60 Å². The number of allylic oxidation sites excluding steroid dienone is 2. The number of carbonyl (C=O) groups excluding carboxylic acids is 2. The second-order valence-electron chi connectivity index (χ2n) is 6.32. The quantitative estimate of drug-likeness (QED) is 0.566. The number of unbranched alkanes of at least 4 members (excludes halogenated alkanes) is 4. The van der Waals surface area contributed by atoms with Gasteiger partial charge in [-0.2, -0.15) is 0 Å². The molecular weight excluding hydrogens is 442 g/mol. The van der Waals surface area contributed by atoms with Crippen LogP contribution in [-0.4, -0.2) is 34.7 Å². The summed E-state index contributed by atoms with van der Waals surface area (Å²) in [5, 5.41) is 13.0. The Morgan fingerprint density at radius 3 is 2.54 bits per heavy atom. The van der Waals surface area contributed by atoms with Crippen molar-refractivity contribution < 1.29 is 19.4 Å². The fourth-order valence-corrected chi connectivity index (χ4v) is 4.46. The molecule has 0 radical (unpaired) electrons. The zero-order chi connectivity index (χ0) is 17.7. The van der Waals surface area contributed by atoms with Crippen molar-refractivity contribution >= 4 is 43.6 Å². The summed E-state index contributed by atoms with van der Waals surface area (Å²) in [7, 11) is 0. The van der Waals surface area contributed by atoms with Gasteiger partial charge in [-0.05, 0) is 50.4 Å². The molecular formula is C17H23Br2NO4. The van der Waals surface area contributed by atoms with Gasteiger partial charge in [-0.3, -0.25) is 9.59 Å². The minimum absolute atomic E-state index is 0.0748. The molecule has 2 atom stereocenters. The van der Waals surface area contributed by atoms with E-state index in [1.165, 1.54) is 12.8 Å². The van der Waals surface area contributed by atoms with Gasteiger partial charge in [0.25, 0.3) is 0 Å². The molecule has 0 aromatic carbocycles. The third-order valence-corrected chi connectivity index (χ3v) is 5.43. The third-order valence-electron chi connectivity index (χ3n) is 4.25. The van der Waals surface area contributed by atoms with Crippen molar-refractivity contribution in [1.29, 1.82) is 0 Å². The van der Waals surface area contributed by atoms with E-state index in [0.29, 0.717) is 21.8 Å². The molecule has 1 heterocycles. The number of hydrogen-bond acceptors (Lipinski definition) is 4. The van der Waals surface area contributed by atoms with Crippen molar-refractivity contribution in [2.45, 2.75) is 69.8 Å². The largest absolute Gasteiger partial charge is 0.366 e. The van der Waals surface area contributed by atoms with E-state index in [9.17, 15) is 14.7 Å². The summed E-state index contributed by atoms with van der Waals surface area (Å²) >= 11 is 6.43. The molecule has 1 aliphatic heterocycles. The lowest BCUT2D eigenvalue weighted by atomic mass is 9.92. The summed E-state index contributed by atoms with van der Waals surface area (Å²) in [5.41, 5.74) is -0.885. The van der Waals surface area contributed by atoms with Gasteiger partial charge in [0.05, 0.1) is 15.0 Å². The van der Waals surface area contributed by atoms with E-state index in [4.69, 9.17) is 4.74 Å². The van der Waals surface area contributed by atoms with Crippen molar-refractivity contribution in [2.75, 3.05) is 0 Å². The number of rotatable bonds is 7. The molecule has 1 spiro atoms. The molecule has 0 aromatic rings. The van der Waals surface area contributed by atoms with Gasteiger partial charge in [-0.15, -0.1) is 0 Å². The molecule has 2 aliphatic rings. The predicted molar refractivity (Wildman–Crippen MR) is 98.8 cm³/mol. The highest BCUT2D eigenvalue weighted by Crippen LogP contribution is 2.40. The fourth-order valence-electron chi connectivity index (χ4n) is 2.99. The van der Waals surface area contributed by atoms with Gasteiger partial charge in [-0.25, -0.2) is 0 Å². The number of halogens is 2. The Morgan fingerprint density at radius 2 is 1.92 bits per heavy atom. The number of ketones is 1. The van der Waals surface area contributed by atoms with Crippen molar-refractivity contribution in [1.82, 2.24) is 5.32 Å². The number of carbonyl (C=O) groups is 2. The second kappa shape index (κ2) is 8.74. The number of Topliss-reactive ketones (excluding diaryl/α,β-unsaturated/α-hetero) is 1. The molecule has 0 bridgehead atoms. The lowest BCUT2D eigenvalue weighted by molar-refractivity contribution is -0.129. The molecule has 1 aliphatic carbocycles.